The Balaban J connectivity index is 2.86. The van der Waals surface area contributed by atoms with E-state index in [2.05, 4.69) is 31.1 Å². The summed E-state index contributed by atoms with van der Waals surface area (Å²) >= 11 is 5.85. The first-order valence-electron chi connectivity index (χ1n) is 5.80. The standard InChI is InChI=1S/C13H21ClN2O/c1-13(2,3)11(7-8-14)16-12-10(17-4)6-5-9-15-12/h5-6,9,11H,7-8H2,1-4H3,(H,15,16). The molecule has 4 heteroatoms. The molecule has 0 bridgehead atoms. The van der Waals surface area contributed by atoms with Gasteiger partial charge in [0.25, 0.3) is 0 Å². The number of nitrogens with zero attached hydrogens (tertiary/aromatic N) is 1. The van der Waals surface area contributed by atoms with Crippen molar-refractivity contribution >= 4 is 17.4 Å². The highest BCUT2D eigenvalue weighted by Crippen LogP contribution is 2.28. The van der Waals surface area contributed by atoms with Gasteiger partial charge in [0.05, 0.1) is 7.11 Å². The lowest BCUT2D eigenvalue weighted by atomic mass is 9.85. The molecule has 0 aliphatic heterocycles. The molecule has 0 saturated carbocycles. The Morgan fingerprint density at radius 1 is 1.47 bits per heavy atom. The Hall–Kier alpha value is -0.960. The summed E-state index contributed by atoms with van der Waals surface area (Å²) < 4.78 is 5.28. The fourth-order valence-corrected chi connectivity index (χ4v) is 1.88. The second kappa shape index (κ2) is 6.10. The van der Waals surface area contributed by atoms with Gasteiger partial charge in [0, 0.05) is 18.1 Å². The molecule has 0 spiro atoms. The number of rotatable bonds is 5. The molecule has 0 fully saturated rings. The molecule has 1 aromatic rings. The molecule has 1 heterocycles. The van der Waals surface area contributed by atoms with E-state index < -0.39 is 0 Å². The van der Waals surface area contributed by atoms with Crippen molar-refractivity contribution in [3.63, 3.8) is 0 Å². The second-order valence-electron chi connectivity index (χ2n) is 5.09. The average Bonchev–Trinajstić information content (AvgIpc) is 2.28. The van der Waals surface area contributed by atoms with Crippen molar-refractivity contribution in [2.45, 2.75) is 33.2 Å². The summed E-state index contributed by atoms with van der Waals surface area (Å²) in [7, 11) is 1.65. The molecule has 1 aromatic heterocycles. The number of halogens is 1. The minimum absolute atomic E-state index is 0.122. The Kier molecular flexibility index (Phi) is 5.06. The van der Waals surface area contributed by atoms with Crippen molar-refractivity contribution in [2.75, 3.05) is 18.3 Å². The van der Waals surface area contributed by atoms with Crippen LogP contribution in [0.25, 0.3) is 0 Å². The molecule has 1 atom stereocenters. The van der Waals surface area contributed by atoms with Gasteiger partial charge in [-0.05, 0) is 24.0 Å². The number of hydrogen-bond donors (Lipinski definition) is 1. The number of methoxy groups -OCH3 is 1. The largest absolute Gasteiger partial charge is 0.493 e. The molecule has 0 aliphatic carbocycles. The van der Waals surface area contributed by atoms with Gasteiger partial charge in [-0.1, -0.05) is 20.8 Å². The first-order valence-corrected chi connectivity index (χ1v) is 6.34. The van der Waals surface area contributed by atoms with E-state index in [0.717, 1.165) is 18.0 Å². The summed E-state index contributed by atoms with van der Waals surface area (Å²) in [4.78, 5) is 4.31. The molecule has 3 nitrogen and oxygen atoms in total. The molecule has 0 amide bonds. The van der Waals surface area contributed by atoms with E-state index in [4.69, 9.17) is 16.3 Å². The van der Waals surface area contributed by atoms with Crippen LogP contribution in [-0.4, -0.2) is 24.0 Å². The summed E-state index contributed by atoms with van der Waals surface area (Å²) in [5.41, 5.74) is 0.122. The van der Waals surface area contributed by atoms with Gasteiger partial charge < -0.3 is 10.1 Å². The number of nitrogens with one attached hydrogen (secondary N) is 1. The van der Waals surface area contributed by atoms with E-state index in [1.54, 1.807) is 13.3 Å². The summed E-state index contributed by atoms with van der Waals surface area (Å²) in [6.45, 7) is 6.56. The lowest BCUT2D eigenvalue weighted by molar-refractivity contribution is 0.332. The minimum Gasteiger partial charge on any atom is -0.493 e. The number of alkyl halides is 1. The summed E-state index contributed by atoms with van der Waals surface area (Å²) in [6, 6.07) is 4.02. The van der Waals surface area contributed by atoms with Gasteiger partial charge in [-0.3, -0.25) is 0 Å². The van der Waals surface area contributed by atoms with Gasteiger partial charge in [0.1, 0.15) is 0 Å². The Morgan fingerprint density at radius 2 is 2.18 bits per heavy atom. The van der Waals surface area contributed by atoms with Crippen LogP contribution in [0.1, 0.15) is 27.2 Å². The molecular formula is C13H21ClN2O. The predicted octanol–water partition coefficient (Wildman–Crippen LogP) is 3.55. The van der Waals surface area contributed by atoms with Crippen molar-refractivity contribution in [1.82, 2.24) is 4.98 Å². The molecule has 1 rings (SSSR count). The topological polar surface area (TPSA) is 34.1 Å². The normalized spacial score (nSPS) is 13.2. The highest BCUT2D eigenvalue weighted by atomic mass is 35.5. The molecule has 1 unspecified atom stereocenters. The van der Waals surface area contributed by atoms with Crippen LogP contribution in [0.4, 0.5) is 5.82 Å². The number of anilines is 1. The Labute approximate surface area is 109 Å². The van der Waals surface area contributed by atoms with E-state index in [0.29, 0.717) is 5.88 Å². The van der Waals surface area contributed by atoms with Crippen molar-refractivity contribution in [2.24, 2.45) is 5.41 Å². The predicted molar refractivity (Wildman–Crippen MR) is 73.0 cm³/mol. The number of ether oxygens (including phenoxy) is 1. The highest BCUT2D eigenvalue weighted by molar-refractivity contribution is 6.17. The summed E-state index contributed by atoms with van der Waals surface area (Å²) in [5, 5.41) is 3.42. The Morgan fingerprint density at radius 3 is 2.71 bits per heavy atom. The smallest absolute Gasteiger partial charge is 0.168 e. The van der Waals surface area contributed by atoms with Gasteiger partial charge in [-0.25, -0.2) is 4.98 Å². The van der Waals surface area contributed by atoms with Gasteiger partial charge >= 0.3 is 0 Å². The first-order chi connectivity index (χ1) is 7.99. The van der Waals surface area contributed by atoms with Crippen molar-refractivity contribution < 1.29 is 4.74 Å². The van der Waals surface area contributed by atoms with Crippen molar-refractivity contribution in [3.8, 4) is 5.75 Å². The third-order valence-electron chi connectivity index (χ3n) is 2.74. The molecule has 0 saturated heterocycles. The van der Waals surface area contributed by atoms with Crippen LogP contribution >= 0.6 is 11.6 Å². The minimum atomic E-state index is 0.122. The van der Waals surface area contributed by atoms with Crippen LogP contribution in [0, 0.1) is 5.41 Å². The first kappa shape index (κ1) is 14.1. The number of pyridine rings is 1. The van der Waals surface area contributed by atoms with Gasteiger partial charge in [-0.15, -0.1) is 11.6 Å². The SMILES string of the molecule is COc1cccnc1NC(CCCl)C(C)(C)C. The fraction of sp³-hybridized carbons (Fsp3) is 0.615. The maximum atomic E-state index is 5.85. The molecule has 1 N–H and O–H groups in total. The van der Waals surface area contributed by atoms with E-state index >= 15 is 0 Å². The average molecular weight is 257 g/mol. The van der Waals surface area contributed by atoms with E-state index in [1.165, 1.54) is 0 Å². The third-order valence-corrected chi connectivity index (χ3v) is 2.96. The van der Waals surface area contributed by atoms with E-state index in [9.17, 15) is 0 Å². The fourth-order valence-electron chi connectivity index (χ4n) is 1.66. The van der Waals surface area contributed by atoms with E-state index in [-0.39, 0.29) is 11.5 Å². The molecule has 0 aromatic carbocycles. The molecule has 96 valence electrons. The third kappa shape index (κ3) is 4.08. The van der Waals surface area contributed by atoms with Crippen molar-refractivity contribution in [1.29, 1.82) is 0 Å². The van der Waals surface area contributed by atoms with Gasteiger partial charge in [0.2, 0.25) is 0 Å². The van der Waals surface area contributed by atoms with Crippen molar-refractivity contribution in [3.05, 3.63) is 18.3 Å². The molecule has 0 radical (unpaired) electrons. The van der Waals surface area contributed by atoms with E-state index in [1.807, 2.05) is 12.1 Å². The zero-order chi connectivity index (χ0) is 12.9. The summed E-state index contributed by atoms with van der Waals surface area (Å²) in [6.07, 6.45) is 2.65. The monoisotopic (exact) mass is 256 g/mol. The van der Waals surface area contributed by atoms with Gasteiger partial charge in [-0.2, -0.15) is 0 Å². The second-order valence-corrected chi connectivity index (χ2v) is 5.47. The highest BCUT2D eigenvalue weighted by Gasteiger charge is 2.25. The van der Waals surface area contributed by atoms with Crippen LogP contribution in [0.2, 0.25) is 0 Å². The van der Waals surface area contributed by atoms with Crippen LogP contribution in [0.15, 0.2) is 18.3 Å². The molecule has 0 aliphatic rings. The van der Waals surface area contributed by atoms with Gasteiger partial charge in [0.15, 0.2) is 11.6 Å². The maximum absolute atomic E-state index is 5.85. The van der Waals surface area contributed by atoms with Crippen LogP contribution in [0.3, 0.4) is 0 Å². The zero-order valence-electron chi connectivity index (χ0n) is 11.0. The lowest BCUT2D eigenvalue weighted by Crippen LogP contribution is -2.34. The number of hydrogen-bond acceptors (Lipinski definition) is 3. The lowest BCUT2D eigenvalue weighted by Gasteiger charge is -2.31. The van der Waals surface area contributed by atoms with Crippen LogP contribution in [0.5, 0.6) is 5.75 Å². The zero-order valence-corrected chi connectivity index (χ0v) is 11.7. The van der Waals surface area contributed by atoms with Crippen LogP contribution < -0.4 is 10.1 Å². The quantitative estimate of drug-likeness (QED) is 0.819. The number of aromatic nitrogens is 1. The summed E-state index contributed by atoms with van der Waals surface area (Å²) in [5.74, 6) is 2.17. The van der Waals surface area contributed by atoms with Crippen LogP contribution in [-0.2, 0) is 0 Å². The Bertz CT molecular complexity index is 350. The maximum Gasteiger partial charge on any atom is 0.168 e. The molecule has 17 heavy (non-hydrogen) atoms. The molecular weight excluding hydrogens is 236 g/mol.